The zero-order valence-corrected chi connectivity index (χ0v) is 21.8. The van der Waals surface area contributed by atoms with Gasteiger partial charge in [0.15, 0.2) is 0 Å². The van der Waals surface area contributed by atoms with Gasteiger partial charge in [0.05, 0.1) is 47.2 Å². The van der Waals surface area contributed by atoms with E-state index in [0.717, 1.165) is 82.1 Å². The van der Waals surface area contributed by atoms with Gasteiger partial charge in [0.1, 0.15) is 5.82 Å². The van der Waals surface area contributed by atoms with Gasteiger partial charge < -0.3 is 9.64 Å². The van der Waals surface area contributed by atoms with Crippen LogP contribution in [-0.4, -0.2) is 53.9 Å². The average molecular weight is 518 g/mol. The van der Waals surface area contributed by atoms with Crippen molar-refractivity contribution in [1.82, 2.24) is 19.2 Å². The molecule has 8 nitrogen and oxygen atoms in total. The lowest BCUT2D eigenvalue weighted by Crippen LogP contribution is -2.36. The fraction of sp³-hybridized carbons (Fsp3) is 0.393. The maximum atomic E-state index is 13.5. The molecule has 2 aromatic heterocycles. The number of aryl methyl sites for hydroxylation is 1. The van der Waals surface area contributed by atoms with Crippen LogP contribution in [0.5, 0.6) is 0 Å². The molecule has 0 atom stereocenters. The van der Waals surface area contributed by atoms with Gasteiger partial charge in [-0.25, -0.2) is 4.98 Å². The van der Waals surface area contributed by atoms with Crippen molar-refractivity contribution in [1.29, 1.82) is 0 Å². The molecule has 1 aliphatic carbocycles. The molecule has 9 heteroatoms. The second-order valence-electron chi connectivity index (χ2n) is 9.98. The summed E-state index contributed by atoms with van der Waals surface area (Å²) in [7, 11) is -3.81. The molecule has 3 heterocycles. The monoisotopic (exact) mass is 517 g/mol. The Morgan fingerprint density at radius 2 is 1.70 bits per heavy atom. The summed E-state index contributed by atoms with van der Waals surface area (Å²) in [6.07, 6.45) is 9.00. The number of benzene rings is 2. The van der Waals surface area contributed by atoms with Gasteiger partial charge in [-0.3, -0.25) is 4.98 Å². The zero-order chi connectivity index (χ0) is 25.4. The molecule has 37 heavy (non-hydrogen) atoms. The molecule has 2 fully saturated rings. The second kappa shape index (κ2) is 9.87. The number of ether oxygens (including phenoxy) is 1. The largest absolute Gasteiger partial charge is 0.378 e. The Balaban J connectivity index is 1.44. The van der Waals surface area contributed by atoms with Crippen LogP contribution in [0.3, 0.4) is 0 Å². The Bertz CT molecular complexity index is 1520. The molecule has 0 spiro atoms. The number of morpholine rings is 1. The molecule has 0 N–H and O–H groups in total. The summed E-state index contributed by atoms with van der Waals surface area (Å²) in [6, 6.07) is 12.9. The van der Waals surface area contributed by atoms with Crippen LogP contribution in [0.1, 0.15) is 49.3 Å². The number of rotatable bonds is 5. The predicted octanol–water partition coefficient (Wildman–Crippen LogP) is 4.92. The summed E-state index contributed by atoms with van der Waals surface area (Å²) in [5.41, 5.74) is 5.21. The number of fused-ring (bicyclic) bond motifs is 1. The molecular formula is C28H31N5O3S. The molecule has 0 unspecified atom stereocenters. The number of hydrogen-bond acceptors (Lipinski definition) is 7. The van der Waals surface area contributed by atoms with Gasteiger partial charge in [-0.2, -0.15) is 17.6 Å². The third-order valence-electron chi connectivity index (χ3n) is 7.45. The van der Waals surface area contributed by atoms with Gasteiger partial charge in [0, 0.05) is 24.6 Å². The summed E-state index contributed by atoms with van der Waals surface area (Å²) in [5.74, 6) is 1.07. The van der Waals surface area contributed by atoms with E-state index in [4.69, 9.17) is 14.8 Å². The first-order valence-corrected chi connectivity index (χ1v) is 14.4. The molecule has 1 saturated carbocycles. The van der Waals surface area contributed by atoms with Crippen LogP contribution in [0.25, 0.3) is 22.2 Å². The summed E-state index contributed by atoms with van der Waals surface area (Å²) in [4.78, 5) is 12.0. The van der Waals surface area contributed by atoms with E-state index in [-0.39, 0.29) is 10.8 Å². The summed E-state index contributed by atoms with van der Waals surface area (Å²) in [6.45, 7) is 4.87. The van der Waals surface area contributed by atoms with Gasteiger partial charge in [0.25, 0.3) is 10.0 Å². The molecule has 6 rings (SSSR count). The minimum atomic E-state index is -3.81. The first kappa shape index (κ1) is 24.1. The first-order valence-electron chi connectivity index (χ1n) is 13.0. The van der Waals surface area contributed by atoms with Gasteiger partial charge in [-0.15, -0.1) is 0 Å². The van der Waals surface area contributed by atoms with Crippen LogP contribution in [0.15, 0.2) is 59.8 Å². The van der Waals surface area contributed by atoms with E-state index in [0.29, 0.717) is 13.2 Å². The van der Waals surface area contributed by atoms with Crippen molar-refractivity contribution < 1.29 is 13.2 Å². The minimum Gasteiger partial charge on any atom is -0.378 e. The third kappa shape index (κ3) is 4.73. The number of nitrogens with zero attached hydrogens (tertiary/aromatic N) is 5. The van der Waals surface area contributed by atoms with Crippen molar-refractivity contribution in [3.05, 3.63) is 66.1 Å². The fourth-order valence-corrected chi connectivity index (χ4v) is 6.46. The Morgan fingerprint density at radius 1 is 0.946 bits per heavy atom. The van der Waals surface area contributed by atoms with Gasteiger partial charge >= 0.3 is 0 Å². The maximum absolute atomic E-state index is 13.5. The van der Waals surface area contributed by atoms with Crippen LogP contribution in [-0.2, 0) is 14.8 Å². The van der Waals surface area contributed by atoms with Crippen molar-refractivity contribution >= 4 is 26.9 Å². The van der Waals surface area contributed by atoms with E-state index in [1.807, 2.05) is 43.5 Å². The Kier molecular flexibility index (Phi) is 6.42. The lowest BCUT2D eigenvalue weighted by molar-refractivity contribution is 0.122. The highest BCUT2D eigenvalue weighted by Gasteiger charge is 2.27. The number of aromatic nitrogens is 4. The van der Waals surface area contributed by atoms with Crippen LogP contribution in [0.2, 0.25) is 0 Å². The quantitative estimate of drug-likeness (QED) is 0.371. The van der Waals surface area contributed by atoms with Crippen molar-refractivity contribution in [2.24, 2.45) is 0 Å². The van der Waals surface area contributed by atoms with E-state index in [2.05, 4.69) is 9.88 Å². The molecule has 2 aliphatic rings. The Labute approximate surface area is 217 Å². The molecular weight excluding hydrogens is 486 g/mol. The average Bonchev–Trinajstić information content (AvgIpc) is 3.40. The second-order valence-corrected chi connectivity index (χ2v) is 11.8. The molecule has 0 amide bonds. The molecule has 0 bridgehead atoms. The van der Waals surface area contributed by atoms with E-state index in [1.54, 1.807) is 18.3 Å². The van der Waals surface area contributed by atoms with E-state index < -0.39 is 10.0 Å². The Morgan fingerprint density at radius 3 is 2.46 bits per heavy atom. The summed E-state index contributed by atoms with van der Waals surface area (Å²) in [5, 5.41) is 4.72. The normalized spacial score (nSPS) is 17.4. The van der Waals surface area contributed by atoms with Crippen LogP contribution in [0, 0.1) is 6.92 Å². The molecule has 192 valence electrons. The molecule has 1 saturated heterocycles. The summed E-state index contributed by atoms with van der Waals surface area (Å²) >= 11 is 0. The van der Waals surface area contributed by atoms with Crippen molar-refractivity contribution in [3.8, 4) is 11.1 Å². The van der Waals surface area contributed by atoms with Crippen LogP contribution < -0.4 is 4.90 Å². The van der Waals surface area contributed by atoms with Crippen LogP contribution >= 0.6 is 0 Å². The van der Waals surface area contributed by atoms with Gasteiger partial charge in [0.2, 0.25) is 0 Å². The molecule has 1 aliphatic heterocycles. The highest BCUT2D eigenvalue weighted by Crippen LogP contribution is 2.38. The smallest absolute Gasteiger partial charge is 0.282 e. The maximum Gasteiger partial charge on any atom is 0.282 e. The Hall–Kier alpha value is -3.30. The molecule has 4 aromatic rings. The SMILES string of the molecule is Cc1ccc(S(=O)(=O)n2cc(-c3ccc4ncc(N5CCOCC5)nc4c3)c(C3CCCCC3)n2)cc1. The predicted molar refractivity (Wildman–Crippen MR) is 143 cm³/mol. The van der Waals surface area contributed by atoms with E-state index >= 15 is 0 Å². The fourth-order valence-electron chi connectivity index (χ4n) is 5.32. The lowest BCUT2D eigenvalue weighted by atomic mass is 9.84. The van der Waals surface area contributed by atoms with Gasteiger partial charge in [-0.1, -0.05) is 43.0 Å². The highest BCUT2D eigenvalue weighted by molar-refractivity contribution is 7.89. The highest BCUT2D eigenvalue weighted by atomic mass is 32.2. The minimum absolute atomic E-state index is 0.236. The zero-order valence-electron chi connectivity index (χ0n) is 21.0. The van der Waals surface area contributed by atoms with Crippen molar-refractivity contribution in [2.45, 2.75) is 49.8 Å². The molecule has 0 radical (unpaired) electrons. The van der Waals surface area contributed by atoms with Crippen molar-refractivity contribution in [3.63, 3.8) is 0 Å². The summed E-state index contributed by atoms with van der Waals surface area (Å²) < 4.78 is 33.7. The first-order chi connectivity index (χ1) is 18.0. The third-order valence-corrected chi connectivity index (χ3v) is 9.00. The number of anilines is 1. The van der Waals surface area contributed by atoms with E-state index in [9.17, 15) is 8.42 Å². The lowest BCUT2D eigenvalue weighted by Gasteiger charge is -2.27. The number of hydrogen-bond donors (Lipinski definition) is 0. The standard InChI is InChI=1S/C28H31N5O3S/c1-20-7-10-23(11-8-20)37(34,35)33-19-24(28(31-33)21-5-3-2-4-6-21)22-9-12-25-26(17-22)30-27(18-29-25)32-13-15-36-16-14-32/h7-12,17-19,21H,2-6,13-16H2,1H3. The van der Waals surface area contributed by atoms with Crippen molar-refractivity contribution in [2.75, 3.05) is 31.2 Å². The van der Waals surface area contributed by atoms with Gasteiger partial charge in [-0.05, 0) is 49.6 Å². The molecule has 2 aromatic carbocycles. The topological polar surface area (TPSA) is 90.2 Å². The van der Waals surface area contributed by atoms with E-state index in [1.165, 1.54) is 6.42 Å². The van der Waals surface area contributed by atoms with Crippen LogP contribution in [0.4, 0.5) is 5.82 Å².